The fourth-order valence-corrected chi connectivity index (χ4v) is 1.34. The first-order valence-corrected chi connectivity index (χ1v) is 5.14. The lowest BCUT2D eigenvalue weighted by Gasteiger charge is -2.07. The molecular formula is C12H12FN3O. The molecule has 2 aromatic rings. The zero-order chi connectivity index (χ0) is 12.3. The van der Waals surface area contributed by atoms with Crippen molar-refractivity contribution in [2.45, 2.75) is 6.92 Å². The van der Waals surface area contributed by atoms with Crippen molar-refractivity contribution >= 4 is 5.82 Å². The highest BCUT2D eigenvalue weighted by atomic mass is 19.1. The maximum atomic E-state index is 12.7. The van der Waals surface area contributed by atoms with E-state index in [0.717, 1.165) is 0 Å². The highest BCUT2D eigenvalue weighted by Gasteiger charge is 2.03. The van der Waals surface area contributed by atoms with Crippen LogP contribution in [0.1, 0.15) is 5.82 Å². The van der Waals surface area contributed by atoms with Gasteiger partial charge in [0, 0.05) is 13.1 Å². The van der Waals surface area contributed by atoms with Gasteiger partial charge in [0.15, 0.2) is 0 Å². The second kappa shape index (κ2) is 4.78. The van der Waals surface area contributed by atoms with Crippen LogP contribution in [0.25, 0.3) is 0 Å². The summed E-state index contributed by atoms with van der Waals surface area (Å²) in [6.45, 7) is 1.78. The summed E-state index contributed by atoms with van der Waals surface area (Å²) in [7, 11) is 1.77. The van der Waals surface area contributed by atoms with Crippen LogP contribution in [-0.2, 0) is 0 Å². The number of ether oxygens (including phenoxy) is 1. The first-order valence-electron chi connectivity index (χ1n) is 5.14. The molecule has 0 amide bonds. The molecule has 1 aromatic heterocycles. The Hall–Kier alpha value is -2.17. The van der Waals surface area contributed by atoms with E-state index in [-0.39, 0.29) is 5.82 Å². The van der Waals surface area contributed by atoms with E-state index in [0.29, 0.717) is 23.3 Å². The quantitative estimate of drug-likeness (QED) is 0.885. The van der Waals surface area contributed by atoms with Crippen LogP contribution in [0, 0.1) is 12.7 Å². The second-order valence-electron chi connectivity index (χ2n) is 3.44. The van der Waals surface area contributed by atoms with Gasteiger partial charge in [0.1, 0.15) is 23.2 Å². The Morgan fingerprint density at radius 2 is 1.88 bits per heavy atom. The molecule has 0 spiro atoms. The van der Waals surface area contributed by atoms with Gasteiger partial charge < -0.3 is 10.1 Å². The van der Waals surface area contributed by atoms with Crippen molar-refractivity contribution < 1.29 is 9.13 Å². The number of hydrogen-bond donors (Lipinski definition) is 1. The van der Waals surface area contributed by atoms with E-state index in [1.807, 2.05) is 0 Å². The van der Waals surface area contributed by atoms with Crippen molar-refractivity contribution in [1.82, 2.24) is 9.97 Å². The van der Waals surface area contributed by atoms with Crippen molar-refractivity contribution in [2.24, 2.45) is 0 Å². The Kier molecular flexibility index (Phi) is 3.18. The smallest absolute Gasteiger partial charge is 0.224 e. The van der Waals surface area contributed by atoms with Crippen LogP contribution in [0.3, 0.4) is 0 Å². The molecule has 0 bridgehead atoms. The minimum Gasteiger partial charge on any atom is -0.439 e. The normalized spacial score (nSPS) is 10.1. The van der Waals surface area contributed by atoms with E-state index in [2.05, 4.69) is 15.3 Å². The third kappa shape index (κ3) is 2.90. The van der Waals surface area contributed by atoms with Crippen molar-refractivity contribution in [3.8, 4) is 11.6 Å². The molecule has 1 heterocycles. The van der Waals surface area contributed by atoms with Gasteiger partial charge in [-0.2, -0.15) is 4.98 Å². The largest absolute Gasteiger partial charge is 0.439 e. The van der Waals surface area contributed by atoms with Crippen LogP contribution in [-0.4, -0.2) is 17.0 Å². The zero-order valence-electron chi connectivity index (χ0n) is 9.57. The first-order chi connectivity index (χ1) is 8.17. The van der Waals surface area contributed by atoms with Crippen LogP contribution in [0.4, 0.5) is 10.2 Å². The van der Waals surface area contributed by atoms with Crippen LogP contribution in [0.15, 0.2) is 30.3 Å². The number of aromatic nitrogens is 2. The van der Waals surface area contributed by atoms with Gasteiger partial charge in [0.05, 0.1) is 0 Å². The lowest BCUT2D eigenvalue weighted by Crippen LogP contribution is -1.98. The molecule has 2 rings (SSSR count). The molecule has 1 N–H and O–H groups in total. The van der Waals surface area contributed by atoms with E-state index in [1.165, 1.54) is 12.1 Å². The fraction of sp³-hybridized carbons (Fsp3) is 0.167. The predicted octanol–water partition coefficient (Wildman–Crippen LogP) is 2.76. The summed E-state index contributed by atoms with van der Waals surface area (Å²) in [6, 6.07) is 7.44. The van der Waals surface area contributed by atoms with Crippen LogP contribution >= 0.6 is 0 Å². The highest BCUT2D eigenvalue weighted by Crippen LogP contribution is 2.21. The van der Waals surface area contributed by atoms with Gasteiger partial charge in [0.2, 0.25) is 5.88 Å². The van der Waals surface area contributed by atoms with Crippen molar-refractivity contribution in [3.63, 3.8) is 0 Å². The SMILES string of the molecule is CNc1cc(Oc2ccc(F)cc2)nc(C)n1. The Morgan fingerprint density at radius 3 is 2.53 bits per heavy atom. The van der Waals surface area contributed by atoms with Gasteiger partial charge in [-0.05, 0) is 31.2 Å². The molecule has 0 fully saturated rings. The number of rotatable bonds is 3. The van der Waals surface area contributed by atoms with Crippen LogP contribution in [0.5, 0.6) is 11.6 Å². The van der Waals surface area contributed by atoms with E-state index in [4.69, 9.17) is 4.74 Å². The van der Waals surface area contributed by atoms with E-state index in [1.54, 1.807) is 32.2 Å². The van der Waals surface area contributed by atoms with Crippen LogP contribution in [0.2, 0.25) is 0 Å². The fourth-order valence-electron chi connectivity index (χ4n) is 1.34. The molecule has 0 unspecified atom stereocenters. The number of aryl methyl sites for hydroxylation is 1. The summed E-state index contributed by atoms with van der Waals surface area (Å²) in [5.41, 5.74) is 0. The maximum Gasteiger partial charge on any atom is 0.224 e. The Morgan fingerprint density at radius 1 is 1.18 bits per heavy atom. The zero-order valence-corrected chi connectivity index (χ0v) is 9.57. The Balaban J connectivity index is 2.23. The molecule has 0 aliphatic heterocycles. The molecule has 17 heavy (non-hydrogen) atoms. The Labute approximate surface area is 98.5 Å². The number of hydrogen-bond acceptors (Lipinski definition) is 4. The summed E-state index contributed by atoms with van der Waals surface area (Å²) >= 11 is 0. The molecule has 0 atom stereocenters. The minimum absolute atomic E-state index is 0.299. The molecule has 88 valence electrons. The maximum absolute atomic E-state index is 12.7. The molecule has 1 aromatic carbocycles. The van der Waals surface area contributed by atoms with Gasteiger partial charge in [-0.25, -0.2) is 9.37 Å². The summed E-state index contributed by atoms with van der Waals surface area (Å²) in [5.74, 6) is 1.94. The molecule has 0 saturated heterocycles. The van der Waals surface area contributed by atoms with Gasteiger partial charge >= 0.3 is 0 Å². The molecule has 0 aliphatic carbocycles. The second-order valence-corrected chi connectivity index (χ2v) is 3.44. The van der Waals surface area contributed by atoms with E-state index in [9.17, 15) is 4.39 Å². The number of anilines is 1. The van der Waals surface area contributed by atoms with Gasteiger partial charge in [-0.3, -0.25) is 0 Å². The summed E-state index contributed by atoms with van der Waals surface area (Å²) in [5, 5.41) is 2.91. The third-order valence-electron chi connectivity index (χ3n) is 2.11. The first kappa shape index (κ1) is 11.3. The van der Waals surface area contributed by atoms with Crippen molar-refractivity contribution in [1.29, 1.82) is 0 Å². The minimum atomic E-state index is -0.299. The van der Waals surface area contributed by atoms with Crippen molar-refractivity contribution in [3.05, 3.63) is 42.0 Å². The number of nitrogens with one attached hydrogen (secondary N) is 1. The summed E-state index contributed by atoms with van der Waals surface area (Å²) < 4.78 is 18.2. The van der Waals surface area contributed by atoms with Gasteiger partial charge in [-0.15, -0.1) is 0 Å². The van der Waals surface area contributed by atoms with Gasteiger partial charge in [0.25, 0.3) is 0 Å². The van der Waals surface area contributed by atoms with Gasteiger partial charge in [-0.1, -0.05) is 0 Å². The monoisotopic (exact) mass is 233 g/mol. The Bertz CT molecular complexity index is 514. The lowest BCUT2D eigenvalue weighted by molar-refractivity contribution is 0.458. The molecule has 0 aliphatic rings. The molecule has 0 saturated carbocycles. The van der Waals surface area contributed by atoms with Crippen LogP contribution < -0.4 is 10.1 Å². The molecule has 0 radical (unpaired) electrons. The number of benzene rings is 1. The van der Waals surface area contributed by atoms with E-state index >= 15 is 0 Å². The number of halogens is 1. The number of nitrogens with zero attached hydrogens (tertiary/aromatic N) is 2. The molecule has 4 nitrogen and oxygen atoms in total. The molecule has 5 heteroatoms. The predicted molar refractivity (Wildman–Crippen MR) is 62.8 cm³/mol. The average molecular weight is 233 g/mol. The van der Waals surface area contributed by atoms with Crippen molar-refractivity contribution in [2.75, 3.05) is 12.4 Å². The molecular weight excluding hydrogens is 221 g/mol. The standard InChI is InChI=1S/C12H12FN3O/c1-8-15-11(14-2)7-12(16-8)17-10-5-3-9(13)4-6-10/h3-7H,1-2H3,(H,14,15,16). The lowest BCUT2D eigenvalue weighted by atomic mass is 10.3. The third-order valence-corrected chi connectivity index (χ3v) is 2.11. The highest BCUT2D eigenvalue weighted by molar-refractivity contribution is 5.39. The van der Waals surface area contributed by atoms with E-state index < -0.39 is 0 Å². The average Bonchev–Trinajstić information content (AvgIpc) is 2.31. The summed E-state index contributed by atoms with van der Waals surface area (Å²) in [6.07, 6.45) is 0. The summed E-state index contributed by atoms with van der Waals surface area (Å²) in [4.78, 5) is 8.28. The topological polar surface area (TPSA) is 47.0 Å².